The van der Waals surface area contributed by atoms with Gasteiger partial charge in [-0.15, -0.1) is 0 Å². The van der Waals surface area contributed by atoms with Crippen LogP contribution in [0.25, 0.3) is 0 Å². The predicted molar refractivity (Wildman–Crippen MR) is 50.2 cm³/mol. The first-order valence-corrected chi connectivity index (χ1v) is 4.90. The number of nitrogens with zero attached hydrogens (tertiary/aromatic N) is 2. The lowest BCUT2D eigenvalue weighted by Crippen LogP contribution is -2.02. The number of rotatable bonds is 1. The first-order valence-electron chi connectivity index (χ1n) is 4.90. The summed E-state index contributed by atoms with van der Waals surface area (Å²) in [6.45, 7) is 0. The van der Waals surface area contributed by atoms with Crippen molar-refractivity contribution in [2.75, 3.05) is 0 Å². The van der Waals surface area contributed by atoms with Gasteiger partial charge in [-0.3, -0.25) is 15.1 Å². The third-order valence-corrected chi connectivity index (χ3v) is 3.41. The molecule has 1 heterocycles. The fraction of sp³-hybridized carbons (Fsp3) is 0.500. The van der Waals surface area contributed by atoms with Gasteiger partial charge in [0.2, 0.25) is 0 Å². The minimum atomic E-state index is -0.362. The summed E-state index contributed by atoms with van der Waals surface area (Å²) < 4.78 is 0. The fourth-order valence-electron chi connectivity index (χ4n) is 2.76. The van der Waals surface area contributed by atoms with Gasteiger partial charge in [-0.2, -0.15) is 0 Å². The summed E-state index contributed by atoms with van der Waals surface area (Å²) in [5.41, 5.74) is 2.39. The second-order valence-electron chi connectivity index (χ2n) is 4.13. The number of nitro groups is 1. The summed E-state index contributed by atoms with van der Waals surface area (Å²) in [6, 6.07) is 1.71. The number of hydrogen-bond acceptors (Lipinski definition) is 3. The average Bonchev–Trinajstić information content (AvgIpc) is 2.77. The van der Waals surface area contributed by atoms with Crippen LogP contribution in [0.15, 0.2) is 12.3 Å². The molecule has 0 radical (unpaired) electrons. The average molecular weight is 190 g/mol. The molecule has 0 unspecified atom stereocenters. The zero-order valence-electron chi connectivity index (χ0n) is 7.64. The van der Waals surface area contributed by atoms with Gasteiger partial charge in [-0.25, -0.2) is 0 Å². The van der Waals surface area contributed by atoms with E-state index in [1.807, 2.05) is 0 Å². The van der Waals surface area contributed by atoms with E-state index in [1.165, 1.54) is 19.0 Å². The van der Waals surface area contributed by atoms with Crippen molar-refractivity contribution in [1.82, 2.24) is 4.98 Å². The van der Waals surface area contributed by atoms with Crippen LogP contribution in [0.3, 0.4) is 0 Å². The zero-order chi connectivity index (χ0) is 9.71. The van der Waals surface area contributed by atoms with Gasteiger partial charge < -0.3 is 0 Å². The van der Waals surface area contributed by atoms with Crippen molar-refractivity contribution in [2.24, 2.45) is 0 Å². The van der Waals surface area contributed by atoms with Crippen LogP contribution in [0.4, 0.5) is 5.69 Å². The van der Waals surface area contributed by atoms with E-state index >= 15 is 0 Å². The normalized spacial score (nSPS) is 27.7. The molecular weight excluding hydrogens is 180 g/mol. The Morgan fingerprint density at radius 1 is 1.43 bits per heavy atom. The van der Waals surface area contributed by atoms with E-state index in [4.69, 9.17) is 0 Å². The molecule has 1 fully saturated rings. The van der Waals surface area contributed by atoms with Crippen molar-refractivity contribution in [3.63, 3.8) is 0 Å². The van der Waals surface area contributed by atoms with Crippen molar-refractivity contribution < 1.29 is 4.92 Å². The molecule has 1 aromatic rings. The summed E-state index contributed by atoms with van der Waals surface area (Å²) in [5.74, 6) is 1.12. The van der Waals surface area contributed by atoms with Crippen LogP contribution in [0.1, 0.15) is 42.4 Å². The highest BCUT2D eigenvalue weighted by atomic mass is 16.6. The van der Waals surface area contributed by atoms with Gasteiger partial charge in [-0.05, 0) is 30.7 Å². The zero-order valence-corrected chi connectivity index (χ0v) is 7.64. The van der Waals surface area contributed by atoms with Crippen LogP contribution in [0, 0.1) is 10.1 Å². The lowest BCUT2D eigenvalue weighted by molar-refractivity contribution is -0.385. The molecule has 0 amide bonds. The third-order valence-electron chi connectivity index (χ3n) is 3.41. The van der Waals surface area contributed by atoms with Crippen LogP contribution in [-0.4, -0.2) is 9.91 Å². The number of pyridine rings is 1. The van der Waals surface area contributed by atoms with Crippen LogP contribution in [0.5, 0.6) is 0 Å². The molecule has 2 bridgehead atoms. The molecule has 2 atom stereocenters. The molecule has 14 heavy (non-hydrogen) atoms. The Balaban J connectivity index is 2.12. The molecule has 1 saturated carbocycles. The van der Waals surface area contributed by atoms with Gasteiger partial charge in [-0.1, -0.05) is 0 Å². The Morgan fingerprint density at radius 3 is 3.00 bits per heavy atom. The number of fused-ring (bicyclic) bond motifs is 5. The van der Waals surface area contributed by atoms with Crippen LogP contribution in [0.2, 0.25) is 0 Å². The Labute approximate surface area is 81.1 Å². The van der Waals surface area contributed by atoms with E-state index in [9.17, 15) is 10.1 Å². The Bertz CT molecular complexity index is 417. The topological polar surface area (TPSA) is 56.0 Å². The van der Waals surface area contributed by atoms with Crippen molar-refractivity contribution in [3.8, 4) is 0 Å². The summed E-state index contributed by atoms with van der Waals surface area (Å²) in [4.78, 5) is 14.4. The van der Waals surface area contributed by atoms with Crippen molar-refractivity contribution in [2.45, 2.75) is 31.1 Å². The largest absolute Gasteiger partial charge is 0.287 e. The predicted octanol–water partition coefficient (Wildman–Crippen LogP) is 2.35. The standard InChI is InChI=1S/C10H10N2O2/c13-12(14)8-4-9-6-1-2-7(3-6)10(9)11-5-8/h4-7H,1-3H2/t6-,7+/m1/s1. The molecule has 4 nitrogen and oxygen atoms in total. The Hall–Kier alpha value is -1.45. The van der Waals surface area contributed by atoms with Crippen LogP contribution < -0.4 is 0 Å². The molecular formula is C10H10N2O2. The molecule has 2 aliphatic rings. The Kier molecular flexibility index (Phi) is 1.43. The second kappa shape index (κ2) is 2.53. The first kappa shape index (κ1) is 7.91. The monoisotopic (exact) mass is 190 g/mol. The van der Waals surface area contributed by atoms with E-state index in [0.717, 1.165) is 17.7 Å². The van der Waals surface area contributed by atoms with E-state index in [-0.39, 0.29) is 10.6 Å². The maximum atomic E-state index is 10.6. The minimum Gasteiger partial charge on any atom is -0.258 e. The molecule has 4 heteroatoms. The fourth-order valence-corrected chi connectivity index (χ4v) is 2.76. The van der Waals surface area contributed by atoms with E-state index in [0.29, 0.717) is 11.8 Å². The van der Waals surface area contributed by atoms with Gasteiger partial charge in [0, 0.05) is 17.7 Å². The van der Waals surface area contributed by atoms with Gasteiger partial charge >= 0.3 is 0 Å². The molecule has 0 N–H and O–H groups in total. The van der Waals surface area contributed by atoms with E-state index in [2.05, 4.69) is 4.98 Å². The molecule has 0 aliphatic heterocycles. The SMILES string of the molecule is O=[N+]([O-])c1cnc2c(c1)[C@@H]1CC[C@H]2C1. The van der Waals surface area contributed by atoms with Gasteiger partial charge in [0.25, 0.3) is 5.69 Å². The molecule has 0 saturated heterocycles. The quantitative estimate of drug-likeness (QED) is 0.504. The molecule has 0 aromatic carbocycles. The summed E-state index contributed by atoms with van der Waals surface area (Å²) >= 11 is 0. The van der Waals surface area contributed by atoms with E-state index < -0.39 is 0 Å². The maximum Gasteiger partial charge on any atom is 0.287 e. The van der Waals surface area contributed by atoms with E-state index in [1.54, 1.807) is 6.07 Å². The molecule has 3 rings (SSSR count). The Morgan fingerprint density at radius 2 is 2.21 bits per heavy atom. The molecule has 1 aromatic heterocycles. The molecule has 0 spiro atoms. The number of hydrogen-bond donors (Lipinski definition) is 0. The third kappa shape index (κ3) is 0.908. The highest BCUT2D eigenvalue weighted by molar-refractivity contribution is 5.43. The van der Waals surface area contributed by atoms with Gasteiger partial charge in [0.05, 0.1) is 4.92 Å². The van der Waals surface area contributed by atoms with Gasteiger partial charge in [0.15, 0.2) is 0 Å². The number of aromatic nitrogens is 1. The first-order chi connectivity index (χ1) is 6.75. The lowest BCUT2D eigenvalue weighted by atomic mass is 9.96. The second-order valence-corrected chi connectivity index (χ2v) is 4.13. The molecule has 72 valence electrons. The smallest absolute Gasteiger partial charge is 0.258 e. The summed E-state index contributed by atoms with van der Waals surface area (Å²) in [5, 5.41) is 10.6. The highest BCUT2D eigenvalue weighted by Gasteiger charge is 2.38. The summed E-state index contributed by atoms with van der Waals surface area (Å²) in [6.07, 6.45) is 4.94. The van der Waals surface area contributed by atoms with Crippen molar-refractivity contribution >= 4 is 5.69 Å². The van der Waals surface area contributed by atoms with Gasteiger partial charge in [0.1, 0.15) is 6.20 Å². The van der Waals surface area contributed by atoms with Crippen LogP contribution in [-0.2, 0) is 0 Å². The minimum absolute atomic E-state index is 0.135. The van der Waals surface area contributed by atoms with Crippen molar-refractivity contribution in [1.29, 1.82) is 0 Å². The highest BCUT2D eigenvalue weighted by Crippen LogP contribution is 2.52. The van der Waals surface area contributed by atoms with Crippen molar-refractivity contribution in [3.05, 3.63) is 33.6 Å². The van der Waals surface area contributed by atoms with Crippen LogP contribution >= 0.6 is 0 Å². The maximum absolute atomic E-state index is 10.6. The molecule has 2 aliphatic carbocycles. The summed E-state index contributed by atoms with van der Waals surface area (Å²) in [7, 11) is 0. The lowest BCUT2D eigenvalue weighted by Gasteiger charge is -2.12.